The van der Waals surface area contributed by atoms with Gasteiger partial charge in [0.25, 0.3) is 23.0 Å². The fourth-order valence-corrected chi connectivity index (χ4v) is 4.06. The molecule has 31 heavy (non-hydrogen) atoms. The van der Waals surface area contributed by atoms with Crippen LogP contribution in [0.5, 0.6) is 0 Å². The van der Waals surface area contributed by atoms with Crippen LogP contribution < -0.4 is 5.32 Å². The Morgan fingerprint density at radius 3 is 2.32 bits per heavy atom. The van der Waals surface area contributed by atoms with Crippen molar-refractivity contribution in [2.24, 2.45) is 0 Å². The Labute approximate surface area is 181 Å². The molecule has 0 aliphatic carbocycles. The van der Waals surface area contributed by atoms with Crippen molar-refractivity contribution in [2.75, 3.05) is 19.6 Å². The van der Waals surface area contributed by atoms with Gasteiger partial charge in [0.1, 0.15) is 6.54 Å². The first-order valence-corrected chi connectivity index (χ1v) is 10.1. The third kappa shape index (κ3) is 4.10. The standard InChI is InChI=1S/C21H16N4O5S/c26-17(12-25-18(27)14-5-1-2-6-15(14)19(25)28)23-8-9-24-20(29)16(31-21(24)30)10-13-4-3-7-22-11-13/h1-7,10-11H,8-9,12H2,(H,23,26)/b16-10+. The molecule has 1 aromatic heterocycles. The molecule has 0 bridgehead atoms. The van der Waals surface area contributed by atoms with Crippen LogP contribution in [0, 0.1) is 0 Å². The SMILES string of the molecule is O=C(CN1C(=O)c2ccccc2C1=O)NCCN1C(=O)S/C(=C/c2cccnc2)C1=O. The minimum absolute atomic E-state index is 0.000214. The average molecular weight is 436 g/mol. The number of carbonyl (C=O) groups is 5. The van der Waals surface area contributed by atoms with E-state index in [4.69, 9.17) is 0 Å². The molecule has 9 nitrogen and oxygen atoms in total. The lowest BCUT2D eigenvalue weighted by Crippen LogP contribution is -2.43. The van der Waals surface area contributed by atoms with Gasteiger partial charge in [-0.2, -0.15) is 0 Å². The zero-order valence-electron chi connectivity index (χ0n) is 16.1. The monoisotopic (exact) mass is 436 g/mol. The quantitative estimate of drug-likeness (QED) is 0.539. The molecule has 2 aliphatic rings. The maximum atomic E-state index is 12.5. The highest BCUT2D eigenvalue weighted by Gasteiger charge is 2.37. The third-order valence-electron chi connectivity index (χ3n) is 4.69. The Bertz CT molecular complexity index is 1100. The minimum Gasteiger partial charge on any atom is -0.353 e. The fraction of sp³-hybridized carbons (Fsp3) is 0.143. The van der Waals surface area contributed by atoms with Crippen molar-refractivity contribution < 1.29 is 24.0 Å². The number of nitrogens with one attached hydrogen (secondary N) is 1. The highest BCUT2D eigenvalue weighted by atomic mass is 32.2. The molecule has 2 aliphatic heterocycles. The predicted molar refractivity (Wildman–Crippen MR) is 112 cm³/mol. The van der Waals surface area contributed by atoms with E-state index in [9.17, 15) is 24.0 Å². The van der Waals surface area contributed by atoms with E-state index in [2.05, 4.69) is 10.3 Å². The van der Waals surface area contributed by atoms with Crippen molar-refractivity contribution >= 4 is 46.7 Å². The second kappa shape index (κ2) is 8.52. The Morgan fingerprint density at radius 2 is 1.68 bits per heavy atom. The largest absolute Gasteiger partial charge is 0.353 e. The average Bonchev–Trinajstić information content (AvgIpc) is 3.17. The highest BCUT2D eigenvalue weighted by molar-refractivity contribution is 8.18. The van der Waals surface area contributed by atoms with Gasteiger partial charge in [-0.1, -0.05) is 18.2 Å². The van der Waals surface area contributed by atoms with Crippen LogP contribution in [0.1, 0.15) is 26.3 Å². The van der Waals surface area contributed by atoms with E-state index in [1.54, 1.807) is 42.7 Å². The van der Waals surface area contributed by atoms with Crippen molar-refractivity contribution in [3.63, 3.8) is 0 Å². The molecule has 4 rings (SSSR count). The Balaban J connectivity index is 1.31. The lowest BCUT2D eigenvalue weighted by Gasteiger charge is -2.15. The molecule has 0 saturated carbocycles. The van der Waals surface area contributed by atoms with E-state index in [0.717, 1.165) is 21.6 Å². The topological polar surface area (TPSA) is 117 Å². The van der Waals surface area contributed by atoms with Gasteiger partial charge in [-0.15, -0.1) is 0 Å². The Hall–Kier alpha value is -3.79. The van der Waals surface area contributed by atoms with E-state index in [1.165, 1.54) is 12.1 Å². The summed E-state index contributed by atoms with van der Waals surface area (Å²) in [5.74, 6) is -2.06. The summed E-state index contributed by atoms with van der Waals surface area (Å²) in [6.07, 6.45) is 4.76. The maximum absolute atomic E-state index is 12.5. The summed E-state index contributed by atoms with van der Waals surface area (Å²) >= 11 is 0.816. The summed E-state index contributed by atoms with van der Waals surface area (Å²) in [5, 5.41) is 2.10. The van der Waals surface area contributed by atoms with E-state index in [0.29, 0.717) is 5.56 Å². The van der Waals surface area contributed by atoms with Gasteiger partial charge in [0.2, 0.25) is 5.91 Å². The van der Waals surface area contributed by atoms with Gasteiger partial charge in [-0.3, -0.25) is 38.8 Å². The van der Waals surface area contributed by atoms with Crippen LogP contribution in [0.4, 0.5) is 4.79 Å². The Kier molecular flexibility index (Phi) is 5.63. The summed E-state index contributed by atoms with van der Waals surface area (Å²) in [6, 6.07) is 9.85. The number of benzene rings is 1. The molecule has 0 radical (unpaired) electrons. The van der Waals surface area contributed by atoms with Crippen LogP contribution in [-0.2, 0) is 9.59 Å². The molecule has 10 heteroatoms. The molecular weight excluding hydrogens is 420 g/mol. The third-order valence-corrected chi connectivity index (χ3v) is 5.60. The number of pyridine rings is 1. The number of hydrogen-bond acceptors (Lipinski definition) is 7. The Morgan fingerprint density at radius 1 is 0.968 bits per heavy atom. The molecule has 1 N–H and O–H groups in total. The predicted octanol–water partition coefficient (Wildman–Crippen LogP) is 1.53. The zero-order chi connectivity index (χ0) is 22.0. The zero-order valence-corrected chi connectivity index (χ0v) is 16.9. The molecule has 0 unspecified atom stereocenters. The summed E-state index contributed by atoms with van der Waals surface area (Å²) in [6.45, 7) is -0.460. The minimum atomic E-state index is -0.563. The molecule has 5 amide bonds. The second-order valence-corrected chi connectivity index (χ2v) is 7.70. The van der Waals surface area contributed by atoms with Gasteiger partial charge in [0.05, 0.1) is 16.0 Å². The van der Waals surface area contributed by atoms with E-state index in [-0.39, 0.29) is 29.1 Å². The molecule has 156 valence electrons. The normalized spacial score (nSPS) is 17.0. The summed E-state index contributed by atoms with van der Waals surface area (Å²) in [7, 11) is 0. The van der Waals surface area contributed by atoms with Gasteiger partial charge < -0.3 is 5.32 Å². The number of aromatic nitrogens is 1. The van der Waals surface area contributed by atoms with Gasteiger partial charge in [-0.05, 0) is 41.6 Å². The first-order valence-electron chi connectivity index (χ1n) is 9.33. The van der Waals surface area contributed by atoms with Crippen LogP contribution >= 0.6 is 11.8 Å². The molecule has 2 aromatic rings. The van der Waals surface area contributed by atoms with Gasteiger partial charge in [0, 0.05) is 25.5 Å². The molecule has 1 fully saturated rings. The summed E-state index contributed by atoms with van der Waals surface area (Å²) in [5.41, 5.74) is 1.22. The van der Waals surface area contributed by atoms with Crippen LogP contribution in [-0.4, -0.2) is 63.3 Å². The van der Waals surface area contributed by atoms with Crippen molar-refractivity contribution in [3.8, 4) is 0 Å². The van der Waals surface area contributed by atoms with Crippen molar-refractivity contribution in [3.05, 3.63) is 70.4 Å². The number of carbonyl (C=O) groups excluding carboxylic acids is 5. The lowest BCUT2D eigenvalue weighted by molar-refractivity contribution is -0.124. The molecule has 0 atom stereocenters. The molecule has 1 aromatic carbocycles. The first kappa shape index (κ1) is 20.5. The van der Waals surface area contributed by atoms with Crippen molar-refractivity contribution in [1.82, 2.24) is 20.1 Å². The first-order chi connectivity index (χ1) is 15.0. The van der Waals surface area contributed by atoms with Gasteiger partial charge in [-0.25, -0.2) is 0 Å². The fourth-order valence-electron chi connectivity index (χ4n) is 3.19. The van der Waals surface area contributed by atoms with Gasteiger partial charge in [0.15, 0.2) is 0 Å². The summed E-state index contributed by atoms with van der Waals surface area (Å²) < 4.78 is 0. The van der Waals surface area contributed by atoms with E-state index >= 15 is 0 Å². The second-order valence-electron chi connectivity index (χ2n) is 6.71. The van der Waals surface area contributed by atoms with Crippen LogP contribution in [0.2, 0.25) is 0 Å². The van der Waals surface area contributed by atoms with Crippen LogP contribution in [0.25, 0.3) is 6.08 Å². The van der Waals surface area contributed by atoms with E-state index in [1.807, 2.05) is 0 Å². The van der Waals surface area contributed by atoms with Gasteiger partial charge >= 0.3 is 0 Å². The molecule has 0 spiro atoms. The molecular formula is C21H16N4O5S. The van der Waals surface area contributed by atoms with Crippen molar-refractivity contribution in [2.45, 2.75) is 0 Å². The van der Waals surface area contributed by atoms with Crippen LogP contribution in [0.15, 0.2) is 53.7 Å². The smallest absolute Gasteiger partial charge is 0.293 e. The van der Waals surface area contributed by atoms with E-state index < -0.39 is 35.4 Å². The number of imide groups is 2. The maximum Gasteiger partial charge on any atom is 0.293 e. The molecule has 1 saturated heterocycles. The number of hydrogen-bond donors (Lipinski definition) is 1. The number of fused-ring (bicyclic) bond motifs is 1. The van der Waals surface area contributed by atoms with Crippen molar-refractivity contribution in [1.29, 1.82) is 0 Å². The lowest BCUT2D eigenvalue weighted by atomic mass is 10.1. The summed E-state index contributed by atoms with van der Waals surface area (Å²) in [4.78, 5) is 67.6. The number of thioether (sulfide) groups is 1. The highest BCUT2D eigenvalue weighted by Crippen LogP contribution is 2.31. The molecule has 3 heterocycles. The number of rotatable bonds is 6. The number of nitrogens with zero attached hydrogens (tertiary/aromatic N) is 3. The number of amides is 5. The van der Waals surface area contributed by atoms with Crippen LogP contribution in [0.3, 0.4) is 0 Å².